The predicted octanol–water partition coefficient (Wildman–Crippen LogP) is 5.76. The normalized spacial score (nSPS) is 18.4. The second-order valence-electron chi connectivity index (χ2n) is 7.98. The van der Waals surface area contributed by atoms with Crippen LogP contribution in [0.15, 0.2) is 28.3 Å². The highest BCUT2D eigenvalue weighted by atomic mass is 32.2. The third-order valence-corrected chi connectivity index (χ3v) is 7.35. The van der Waals surface area contributed by atoms with E-state index < -0.39 is 23.5 Å². The maximum absolute atomic E-state index is 12.7. The molecule has 2 aromatic rings. The van der Waals surface area contributed by atoms with E-state index in [9.17, 15) is 17.4 Å². The zero-order valence-corrected chi connectivity index (χ0v) is 22.1. The van der Waals surface area contributed by atoms with Crippen molar-refractivity contribution in [2.75, 3.05) is 29.2 Å². The van der Waals surface area contributed by atoms with E-state index in [1.165, 1.54) is 11.8 Å². The molecular formula is C23H33F3N6OS2. The molecule has 0 saturated heterocycles. The number of pyridine rings is 1. The number of alkyl halides is 3. The molecule has 194 valence electrons. The van der Waals surface area contributed by atoms with E-state index in [-0.39, 0.29) is 12.0 Å². The van der Waals surface area contributed by atoms with Crippen molar-refractivity contribution < 1.29 is 17.4 Å². The molecule has 0 aromatic carbocycles. The van der Waals surface area contributed by atoms with Gasteiger partial charge in [0.2, 0.25) is 5.95 Å². The first kappa shape index (κ1) is 29.0. The summed E-state index contributed by atoms with van der Waals surface area (Å²) in [6, 6.07) is 1.95. The first-order valence-electron chi connectivity index (χ1n) is 11.4. The molecule has 0 spiro atoms. The second kappa shape index (κ2) is 13.8. The number of halogens is 3. The van der Waals surface area contributed by atoms with E-state index in [1.54, 1.807) is 25.6 Å². The molecule has 1 fully saturated rings. The predicted molar refractivity (Wildman–Crippen MR) is 139 cm³/mol. The number of aliphatic imine (C=N–C) groups is 1. The number of anilines is 2. The molecule has 1 aliphatic rings. The maximum Gasteiger partial charge on any atom is 0.405 e. The van der Waals surface area contributed by atoms with E-state index in [2.05, 4.69) is 37.3 Å². The number of thioether (sulfide) groups is 1. The van der Waals surface area contributed by atoms with E-state index >= 15 is 0 Å². The third kappa shape index (κ3) is 9.40. The lowest BCUT2D eigenvalue weighted by atomic mass is 10.1. The highest BCUT2D eigenvalue weighted by molar-refractivity contribution is 7.98. The Balaban J connectivity index is 0.00000210. The summed E-state index contributed by atoms with van der Waals surface area (Å²) in [4.78, 5) is 17.6. The van der Waals surface area contributed by atoms with E-state index in [1.807, 2.05) is 19.9 Å². The second-order valence-corrected chi connectivity index (χ2v) is 10.5. The first-order valence-corrected chi connectivity index (χ1v) is 14.1. The van der Waals surface area contributed by atoms with Crippen molar-refractivity contribution in [2.24, 2.45) is 10.9 Å². The third-order valence-electron chi connectivity index (χ3n) is 5.32. The quantitative estimate of drug-likeness (QED) is 0.298. The minimum atomic E-state index is -4.37. The fourth-order valence-corrected chi connectivity index (χ4v) is 5.83. The van der Waals surface area contributed by atoms with Crippen LogP contribution in [0, 0.1) is 12.8 Å². The number of aromatic nitrogens is 3. The van der Waals surface area contributed by atoms with Gasteiger partial charge >= 0.3 is 6.18 Å². The van der Waals surface area contributed by atoms with Crippen LogP contribution in [0.5, 0.6) is 0 Å². The van der Waals surface area contributed by atoms with Crippen LogP contribution in [-0.4, -0.2) is 56.6 Å². The smallest absolute Gasteiger partial charge is 0.367 e. The van der Waals surface area contributed by atoms with Crippen molar-refractivity contribution in [2.45, 2.75) is 62.9 Å². The maximum atomic E-state index is 12.7. The standard InChI is InChI=1S/C21H27F3N6OS2.C2H6/c1-13-16(10-32-18-6-7-26-9-17(18)25-2)19(30-20(28-13)27-12-21(22,23)24)29-15-5-4-14(8-15)11-33(3)31;1-2/h6-7,9,14-15H,2,4-5,8,10-12H2,1,3H3,(H2,27,28,29,30);1-2H3. The average molecular weight is 531 g/mol. The summed E-state index contributed by atoms with van der Waals surface area (Å²) in [6.07, 6.45) is 3.30. The van der Waals surface area contributed by atoms with Gasteiger partial charge < -0.3 is 10.6 Å². The summed E-state index contributed by atoms with van der Waals surface area (Å²) in [5.74, 6) is 1.96. The Kier molecular flexibility index (Phi) is 11.4. The molecule has 7 nitrogen and oxygen atoms in total. The highest BCUT2D eigenvalue weighted by Gasteiger charge is 2.29. The first-order chi connectivity index (χ1) is 16.6. The summed E-state index contributed by atoms with van der Waals surface area (Å²) in [7, 11) is -0.860. The molecule has 0 radical (unpaired) electrons. The largest absolute Gasteiger partial charge is 0.405 e. The monoisotopic (exact) mass is 530 g/mol. The van der Waals surface area contributed by atoms with Crippen LogP contribution in [0.4, 0.5) is 30.6 Å². The SMILES string of the molecule is C=Nc1cnccc1SCc1c(C)nc(NCC(F)(F)F)nc1NC1CCC(CS(C)=O)C1.CC. The molecular weight excluding hydrogens is 497 g/mol. The number of rotatable bonds is 10. The van der Waals surface area contributed by atoms with Crippen LogP contribution < -0.4 is 10.6 Å². The number of nitrogens with one attached hydrogen (secondary N) is 2. The van der Waals surface area contributed by atoms with Crippen molar-refractivity contribution in [3.63, 3.8) is 0 Å². The Labute approximate surface area is 211 Å². The van der Waals surface area contributed by atoms with Crippen LogP contribution in [0.2, 0.25) is 0 Å². The number of hydrogen-bond donors (Lipinski definition) is 2. The summed E-state index contributed by atoms with van der Waals surface area (Å²) in [5.41, 5.74) is 2.06. The fraction of sp³-hybridized carbons (Fsp3) is 0.565. The van der Waals surface area contributed by atoms with Gasteiger partial charge in [0.25, 0.3) is 0 Å². The Morgan fingerprint density at radius 3 is 2.69 bits per heavy atom. The van der Waals surface area contributed by atoms with Gasteiger partial charge in [0.1, 0.15) is 12.4 Å². The molecule has 0 amide bonds. The minimum Gasteiger partial charge on any atom is -0.367 e. The summed E-state index contributed by atoms with van der Waals surface area (Å²) in [5, 5.41) is 5.70. The van der Waals surface area contributed by atoms with Gasteiger partial charge in [-0.1, -0.05) is 13.8 Å². The number of hydrogen-bond acceptors (Lipinski definition) is 8. The average Bonchev–Trinajstić information content (AvgIpc) is 3.24. The molecule has 3 atom stereocenters. The van der Waals surface area contributed by atoms with Gasteiger partial charge in [-0.2, -0.15) is 18.2 Å². The molecule has 2 aromatic heterocycles. The summed E-state index contributed by atoms with van der Waals surface area (Å²) < 4.78 is 49.7. The van der Waals surface area contributed by atoms with Gasteiger partial charge in [0, 0.05) is 57.0 Å². The van der Waals surface area contributed by atoms with Gasteiger partial charge in [-0.05, 0) is 44.9 Å². The molecule has 1 aliphatic carbocycles. The minimum absolute atomic E-state index is 0.0670. The van der Waals surface area contributed by atoms with Crippen LogP contribution in [0.3, 0.4) is 0 Å². The lowest BCUT2D eigenvalue weighted by Crippen LogP contribution is -2.24. The zero-order valence-electron chi connectivity index (χ0n) is 20.5. The topological polar surface area (TPSA) is 92.2 Å². The molecule has 12 heteroatoms. The molecule has 0 aliphatic heterocycles. The van der Waals surface area contributed by atoms with Crippen molar-refractivity contribution in [1.82, 2.24) is 15.0 Å². The fourth-order valence-electron chi connectivity index (χ4n) is 3.79. The number of aryl methyl sites for hydroxylation is 1. The van der Waals surface area contributed by atoms with Crippen LogP contribution in [-0.2, 0) is 16.6 Å². The molecule has 2 heterocycles. The molecule has 35 heavy (non-hydrogen) atoms. The molecule has 2 N–H and O–H groups in total. The van der Waals surface area contributed by atoms with Gasteiger partial charge in [0.05, 0.1) is 11.9 Å². The Morgan fingerprint density at radius 1 is 1.29 bits per heavy atom. The Morgan fingerprint density at radius 2 is 2.03 bits per heavy atom. The van der Waals surface area contributed by atoms with E-state index in [0.717, 1.165) is 29.7 Å². The zero-order chi connectivity index (χ0) is 26.0. The van der Waals surface area contributed by atoms with Crippen LogP contribution in [0.1, 0.15) is 44.4 Å². The van der Waals surface area contributed by atoms with Crippen LogP contribution in [0.25, 0.3) is 0 Å². The van der Waals surface area contributed by atoms with Gasteiger partial charge in [-0.15, -0.1) is 11.8 Å². The van der Waals surface area contributed by atoms with E-state index in [0.29, 0.717) is 34.6 Å². The molecule has 1 saturated carbocycles. The van der Waals surface area contributed by atoms with Crippen molar-refractivity contribution >= 4 is 46.7 Å². The van der Waals surface area contributed by atoms with Crippen molar-refractivity contribution in [3.05, 3.63) is 29.7 Å². The van der Waals surface area contributed by atoms with Gasteiger partial charge in [0.15, 0.2) is 0 Å². The molecule has 0 bridgehead atoms. The van der Waals surface area contributed by atoms with Gasteiger partial charge in [-0.25, -0.2) is 4.98 Å². The lowest BCUT2D eigenvalue weighted by Gasteiger charge is -2.20. The Bertz CT molecular complexity index is 1010. The van der Waals surface area contributed by atoms with Gasteiger partial charge in [-0.3, -0.25) is 14.2 Å². The lowest BCUT2D eigenvalue weighted by molar-refractivity contribution is -0.115. The van der Waals surface area contributed by atoms with Crippen molar-refractivity contribution in [3.8, 4) is 0 Å². The highest BCUT2D eigenvalue weighted by Crippen LogP contribution is 2.35. The van der Waals surface area contributed by atoms with Crippen molar-refractivity contribution in [1.29, 1.82) is 0 Å². The molecule has 3 unspecified atom stereocenters. The number of nitrogens with zero attached hydrogens (tertiary/aromatic N) is 4. The summed E-state index contributed by atoms with van der Waals surface area (Å²) in [6.45, 7) is 8.12. The molecule has 3 rings (SSSR count). The van der Waals surface area contributed by atoms with E-state index in [4.69, 9.17) is 0 Å². The summed E-state index contributed by atoms with van der Waals surface area (Å²) >= 11 is 1.51. The van der Waals surface area contributed by atoms with Crippen LogP contribution >= 0.6 is 11.8 Å². The Hall–Kier alpha value is -2.21.